The SMILES string of the molecule is OCC1CCCN1CCc1ccc(Cl)cc1. The van der Waals surface area contributed by atoms with Crippen molar-refractivity contribution in [1.82, 2.24) is 4.90 Å². The highest BCUT2D eigenvalue weighted by Gasteiger charge is 2.22. The van der Waals surface area contributed by atoms with Gasteiger partial charge in [-0.15, -0.1) is 0 Å². The Morgan fingerprint density at radius 2 is 2.06 bits per heavy atom. The minimum atomic E-state index is 0.292. The van der Waals surface area contributed by atoms with E-state index in [9.17, 15) is 5.11 Å². The van der Waals surface area contributed by atoms with Gasteiger partial charge >= 0.3 is 0 Å². The summed E-state index contributed by atoms with van der Waals surface area (Å²) in [7, 11) is 0. The van der Waals surface area contributed by atoms with Gasteiger partial charge in [-0.2, -0.15) is 0 Å². The molecule has 1 aliphatic rings. The summed E-state index contributed by atoms with van der Waals surface area (Å²) in [5.41, 5.74) is 1.31. The molecule has 1 atom stereocenters. The Kier molecular flexibility index (Phi) is 4.22. The first kappa shape index (κ1) is 11.9. The van der Waals surface area contributed by atoms with Gasteiger partial charge in [-0.3, -0.25) is 4.90 Å². The van der Waals surface area contributed by atoms with Gasteiger partial charge in [0.2, 0.25) is 0 Å². The van der Waals surface area contributed by atoms with Crippen LogP contribution in [-0.2, 0) is 6.42 Å². The zero-order valence-corrected chi connectivity index (χ0v) is 10.2. The number of aliphatic hydroxyl groups excluding tert-OH is 1. The van der Waals surface area contributed by atoms with E-state index in [1.165, 1.54) is 12.0 Å². The standard InChI is InChI=1S/C13H18ClNO/c14-12-5-3-11(4-6-12)7-9-15-8-1-2-13(15)10-16/h3-6,13,16H,1-2,7-10H2. The van der Waals surface area contributed by atoms with E-state index in [-0.39, 0.29) is 0 Å². The fourth-order valence-electron chi connectivity index (χ4n) is 2.32. The number of likely N-dealkylation sites (tertiary alicyclic amines) is 1. The number of hydrogen-bond acceptors (Lipinski definition) is 2. The number of rotatable bonds is 4. The molecular formula is C13H18ClNO. The molecule has 0 aromatic heterocycles. The van der Waals surface area contributed by atoms with Crippen LogP contribution in [-0.4, -0.2) is 35.7 Å². The molecule has 1 heterocycles. The molecular weight excluding hydrogens is 222 g/mol. The number of halogens is 1. The summed E-state index contributed by atoms with van der Waals surface area (Å²) in [6, 6.07) is 8.40. The molecule has 1 aromatic carbocycles. The maximum atomic E-state index is 9.21. The van der Waals surface area contributed by atoms with Crippen molar-refractivity contribution in [1.29, 1.82) is 0 Å². The Morgan fingerprint density at radius 3 is 2.75 bits per heavy atom. The third-order valence-electron chi connectivity index (χ3n) is 3.31. The Morgan fingerprint density at radius 1 is 1.31 bits per heavy atom. The predicted molar refractivity (Wildman–Crippen MR) is 66.8 cm³/mol. The minimum absolute atomic E-state index is 0.292. The van der Waals surface area contributed by atoms with Crippen molar-refractivity contribution >= 4 is 11.6 Å². The van der Waals surface area contributed by atoms with E-state index in [0.717, 1.165) is 31.0 Å². The second-order valence-corrected chi connectivity index (χ2v) is 4.83. The molecule has 88 valence electrons. The lowest BCUT2D eigenvalue weighted by molar-refractivity contribution is 0.160. The van der Waals surface area contributed by atoms with E-state index in [4.69, 9.17) is 11.6 Å². The van der Waals surface area contributed by atoms with Crippen LogP contribution in [0.25, 0.3) is 0 Å². The van der Waals surface area contributed by atoms with Crippen LogP contribution in [0.3, 0.4) is 0 Å². The molecule has 3 heteroatoms. The number of benzene rings is 1. The normalized spacial score (nSPS) is 21.5. The molecule has 1 fully saturated rings. The molecule has 0 aliphatic carbocycles. The fourth-order valence-corrected chi connectivity index (χ4v) is 2.45. The van der Waals surface area contributed by atoms with E-state index < -0.39 is 0 Å². The molecule has 0 amide bonds. The van der Waals surface area contributed by atoms with Crippen molar-refractivity contribution in [2.24, 2.45) is 0 Å². The lowest BCUT2D eigenvalue weighted by Gasteiger charge is -2.22. The fraction of sp³-hybridized carbons (Fsp3) is 0.538. The highest BCUT2D eigenvalue weighted by molar-refractivity contribution is 6.30. The van der Waals surface area contributed by atoms with Crippen molar-refractivity contribution in [3.05, 3.63) is 34.9 Å². The predicted octanol–water partition coefficient (Wildman–Crippen LogP) is 2.34. The van der Waals surface area contributed by atoms with Crippen LogP contribution in [0.15, 0.2) is 24.3 Å². The van der Waals surface area contributed by atoms with Gasteiger partial charge in [0, 0.05) is 17.6 Å². The smallest absolute Gasteiger partial charge is 0.0586 e. The van der Waals surface area contributed by atoms with Gasteiger partial charge in [0.1, 0.15) is 0 Å². The Hall–Kier alpha value is -0.570. The van der Waals surface area contributed by atoms with E-state index in [2.05, 4.69) is 17.0 Å². The van der Waals surface area contributed by atoms with Crippen LogP contribution in [0, 0.1) is 0 Å². The summed E-state index contributed by atoms with van der Waals surface area (Å²) in [4.78, 5) is 2.38. The molecule has 0 bridgehead atoms. The van der Waals surface area contributed by atoms with Crippen molar-refractivity contribution in [2.45, 2.75) is 25.3 Å². The highest BCUT2D eigenvalue weighted by Crippen LogP contribution is 2.17. The van der Waals surface area contributed by atoms with Gasteiger partial charge in [-0.25, -0.2) is 0 Å². The topological polar surface area (TPSA) is 23.5 Å². The van der Waals surface area contributed by atoms with Gasteiger partial charge in [0.05, 0.1) is 6.61 Å². The molecule has 0 radical (unpaired) electrons. The number of nitrogens with zero attached hydrogens (tertiary/aromatic N) is 1. The van der Waals surface area contributed by atoms with Crippen LogP contribution in [0.2, 0.25) is 5.02 Å². The minimum Gasteiger partial charge on any atom is -0.395 e. The summed E-state index contributed by atoms with van der Waals surface area (Å²) < 4.78 is 0. The van der Waals surface area contributed by atoms with Crippen LogP contribution >= 0.6 is 11.6 Å². The monoisotopic (exact) mass is 239 g/mol. The van der Waals surface area contributed by atoms with Gasteiger partial charge in [0.15, 0.2) is 0 Å². The van der Waals surface area contributed by atoms with Crippen molar-refractivity contribution < 1.29 is 5.11 Å². The Balaban J connectivity index is 1.85. The van der Waals surface area contributed by atoms with E-state index >= 15 is 0 Å². The average molecular weight is 240 g/mol. The molecule has 16 heavy (non-hydrogen) atoms. The second-order valence-electron chi connectivity index (χ2n) is 4.39. The van der Waals surface area contributed by atoms with Gasteiger partial charge in [-0.05, 0) is 43.5 Å². The molecule has 1 saturated heterocycles. The molecule has 1 unspecified atom stereocenters. The Bertz CT molecular complexity index is 325. The first-order chi connectivity index (χ1) is 7.79. The van der Waals surface area contributed by atoms with Crippen LogP contribution in [0.4, 0.5) is 0 Å². The number of aliphatic hydroxyl groups is 1. The highest BCUT2D eigenvalue weighted by atomic mass is 35.5. The van der Waals surface area contributed by atoms with E-state index in [1.54, 1.807) is 0 Å². The van der Waals surface area contributed by atoms with Crippen molar-refractivity contribution in [2.75, 3.05) is 19.7 Å². The quantitative estimate of drug-likeness (QED) is 0.872. The van der Waals surface area contributed by atoms with E-state index in [0.29, 0.717) is 12.6 Å². The summed E-state index contributed by atoms with van der Waals surface area (Å²) in [6.07, 6.45) is 3.39. The van der Waals surface area contributed by atoms with Crippen LogP contribution < -0.4 is 0 Å². The molecule has 1 aromatic rings. The molecule has 1 N–H and O–H groups in total. The summed E-state index contributed by atoms with van der Waals surface area (Å²) in [6.45, 7) is 2.45. The van der Waals surface area contributed by atoms with Crippen molar-refractivity contribution in [3.8, 4) is 0 Å². The maximum absolute atomic E-state index is 9.21. The maximum Gasteiger partial charge on any atom is 0.0586 e. The summed E-state index contributed by atoms with van der Waals surface area (Å²) >= 11 is 5.84. The summed E-state index contributed by atoms with van der Waals surface area (Å²) in [5.74, 6) is 0. The molecule has 0 spiro atoms. The average Bonchev–Trinajstić information content (AvgIpc) is 2.76. The second kappa shape index (κ2) is 5.67. The zero-order chi connectivity index (χ0) is 11.4. The lowest BCUT2D eigenvalue weighted by Crippen LogP contribution is -2.33. The van der Waals surface area contributed by atoms with E-state index in [1.807, 2.05) is 12.1 Å². The van der Waals surface area contributed by atoms with Gasteiger partial charge in [0.25, 0.3) is 0 Å². The Labute approximate surface area is 102 Å². The molecule has 2 nitrogen and oxygen atoms in total. The third-order valence-corrected chi connectivity index (χ3v) is 3.56. The first-order valence-corrected chi connectivity index (χ1v) is 6.27. The first-order valence-electron chi connectivity index (χ1n) is 5.89. The van der Waals surface area contributed by atoms with Crippen LogP contribution in [0.1, 0.15) is 18.4 Å². The third kappa shape index (κ3) is 2.97. The zero-order valence-electron chi connectivity index (χ0n) is 9.40. The lowest BCUT2D eigenvalue weighted by atomic mass is 10.1. The molecule has 2 rings (SSSR count). The molecule has 0 saturated carbocycles. The summed E-state index contributed by atoms with van der Waals surface area (Å²) in [5, 5.41) is 10.0. The number of hydrogen-bond donors (Lipinski definition) is 1. The van der Waals surface area contributed by atoms with Crippen molar-refractivity contribution in [3.63, 3.8) is 0 Å². The van der Waals surface area contributed by atoms with Crippen LogP contribution in [0.5, 0.6) is 0 Å². The van der Waals surface area contributed by atoms with Gasteiger partial charge < -0.3 is 5.11 Å². The largest absolute Gasteiger partial charge is 0.395 e. The van der Waals surface area contributed by atoms with Gasteiger partial charge in [-0.1, -0.05) is 23.7 Å². The molecule has 1 aliphatic heterocycles.